The Morgan fingerprint density at radius 3 is 2.68 bits per heavy atom. The average Bonchev–Trinajstić information content (AvgIpc) is 3.26. The molecule has 1 aliphatic heterocycles. The number of hydrogen-bond acceptors (Lipinski definition) is 2. The molecule has 2 N–H and O–H groups in total. The summed E-state index contributed by atoms with van der Waals surface area (Å²) >= 11 is 0. The summed E-state index contributed by atoms with van der Waals surface area (Å²) in [5.74, 6) is 0.765. The van der Waals surface area contributed by atoms with E-state index in [2.05, 4.69) is 22.8 Å². The van der Waals surface area contributed by atoms with Gasteiger partial charge in [-0.05, 0) is 49.4 Å². The Hall–Kier alpha value is -1.55. The first-order chi connectivity index (χ1) is 9.33. The zero-order valence-electron chi connectivity index (χ0n) is 11.2. The molecule has 0 unspecified atom stereocenters. The van der Waals surface area contributed by atoms with Gasteiger partial charge in [0, 0.05) is 25.3 Å². The molecule has 4 nitrogen and oxygen atoms in total. The molecule has 0 aromatic heterocycles. The Labute approximate surface area is 114 Å². The molecule has 2 aliphatic rings. The van der Waals surface area contributed by atoms with Crippen LogP contribution in [0.3, 0.4) is 0 Å². The van der Waals surface area contributed by atoms with Gasteiger partial charge in [0.1, 0.15) is 0 Å². The van der Waals surface area contributed by atoms with E-state index in [4.69, 9.17) is 0 Å². The summed E-state index contributed by atoms with van der Waals surface area (Å²) in [5.41, 5.74) is 2.29. The van der Waals surface area contributed by atoms with Gasteiger partial charge in [-0.25, -0.2) is 4.79 Å². The molecule has 1 heterocycles. The SMILES string of the molecule is O=C(Nc1ccc(C2CC2)cc1)N1CCCNCC1. The molecule has 0 bridgehead atoms. The van der Waals surface area contributed by atoms with Gasteiger partial charge >= 0.3 is 6.03 Å². The van der Waals surface area contributed by atoms with E-state index < -0.39 is 0 Å². The molecule has 1 aromatic carbocycles. The lowest BCUT2D eigenvalue weighted by molar-refractivity contribution is 0.215. The minimum absolute atomic E-state index is 0.0165. The van der Waals surface area contributed by atoms with Crippen molar-refractivity contribution in [3.05, 3.63) is 29.8 Å². The second-order valence-corrected chi connectivity index (χ2v) is 5.42. The summed E-state index contributed by atoms with van der Waals surface area (Å²) < 4.78 is 0. The maximum Gasteiger partial charge on any atom is 0.321 e. The molecule has 3 rings (SSSR count). The van der Waals surface area contributed by atoms with Crippen LogP contribution in [0, 0.1) is 0 Å². The summed E-state index contributed by atoms with van der Waals surface area (Å²) in [5, 5.41) is 6.29. The molecular weight excluding hydrogens is 238 g/mol. The zero-order valence-corrected chi connectivity index (χ0v) is 11.2. The number of urea groups is 1. The van der Waals surface area contributed by atoms with Crippen LogP contribution in [0.4, 0.5) is 10.5 Å². The van der Waals surface area contributed by atoms with Gasteiger partial charge in [0.05, 0.1) is 0 Å². The molecule has 4 heteroatoms. The third kappa shape index (κ3) is 3.26. The quantitative estimate of drug-likeness (QED) is 0.856. The van der Waals surface area contributed by atoms with E-state index in [0.717, 1.165) is 44.2 Å². The topological polar surface area (TPSA) is 44.4 Å². The molecule has 1 aromatic rings. The van der Waals surface area contributed by atoms with E-state index in [0.29, 0.717) is 0 Å². The van der Waals surface area contributed by atoms with Crippen molar-refractivity contribution in [2.75, 3.05) is 31.5 Å². The highest BCUT2D eigenvalue weighted by molar-refractivity contribution is 5.89. The number of anilines is 1. The van der Waals surface area contributed by atoms with E-state index in [1.54, 1.807) is 0 Å². The van der Waals surface area contributed by atoms with Crippen molar-refractivity contribution in [1.29, 1.82) is 0 Å². The molecule has 1 aliphatic carbocycles. The monoisotopic (exact) mass is 259 g/mol. The molecular formula is C15H21N3O. The van der Waals surface area contributed by atoms with Gasteiger partial charge in [0.15, 0.2) is 0 Å². The molecule has 102 valence electrons. The van der Waals surface area contributed by atoms with Crippen molar-refractivity contribution in [2.24, 2.45) is 0 Å². The fourth-order valence-corrected chi connectivity index (χ4v) is 2.51. The fourth-order valence-electron chi connectivity index (χ4n) is 2.51. The molecule has 0 spiro atoms. The smallest absolute Gasteiger partial charge is 0.321 e. The van der Waals surface area contributed by atoms with Gasteiger partial charge < -0.3 is 15.5 Å². The van der Waals surface area contributed by atoms with Crippen molar-refractivity contribution in [2.45, 2.75) is 25.2 Å². The van der Waals surface area contributed by atoms with Crippen LogP contribution in [0.1, 0.15) is 30.7 Å². The number of carbonyl (C=O) groups is 1. The van der Waals surface area contributed by atoms with E-state index >= 15 is 0 Å². The normalized spacial score (nSPS) is 19.9. The van der Waals surface area contributed by atoms with Crippen LogP contribution in [0.15, 0.2) is 24.3 Å². The van der Waals surface area contributed by atoms with Gasteiger partial charge in [-0.3, -0.25) is 0 Å². The number of rotatable bonds is 2. The third-order valence-electron chi connectivity index (χ3n) is 3.84. The van der Waals surface area contributed by atoms with Crippen LogP contribution < -0.4 is 10.6 Å². The predicted octanol–water partition coefficient (Wildman–Crippen LogP) is 2.39. The summed E-state index contributed by atoms with van der Waals surface area (Å²) in [6.07, 6.45) is 3.65. The van der Waals surface area contributed by atoms with Crippen molar-refractivity contribution in [3.8, 4) is 0 Å². The lowest BCUT2D eigenvalue weighted by Gasteiger charge is -2.20. The lowest BCUT2D eigenvalue weighted by Crippen LogP contribution is -2.37. The highest BCUT2D eigenvalue weighted by Crippen LogP contribution is 2.40. The largest absolute Gasteiger partial charge is 0.323 e. The molecule has 2 fully saturated rings. The standard InChI is InChI=1S/C15H21N3O/c19-15(18-10-1-8-16-9-11-18)17-14-6-4-13(5-7-14)12-2-3-12/h4-7,12,16H,1-3,8-11H2,(H,17,19). The Bertz CT molecular complexity index is 431. The van der Waals surface area contributed by atoms with Crippen LogP contribution in [0.25, 0.3) is 0 Å². The van der Waals surface area contributed by atoms with E-state index in [-0.39, 0.29) is 6.03 Å². The van der Waals surface area contributed by atoms with Gasteiger partial charge in [-0.1, -0.05) is 12.1 Å². The minimum Gasteiger partial charge on any atom is -0.323 e. The van der Waals surface area contributed by atoms with Gasteiger partial charge in [0.25, 0.3) is 0 Å². The van der Waals surface area contributed by atoms with Crippen LogP contribution in [-0.4, -0.2) is 37.1 Å². The summed E-state index contributed by atoms with van der Waals surface area (Å²) in [7, 11) is 0. The molecule has 0 atom stereocenters. The zero-order chi connectivity index (χ0) is 13.1. The predicted molar refractivity (Wildman–Crippen MR) is 76.5 cm³/mol. The van der Waals surface area contributed by atoms with Gasteiger partial charge in [-0.2, -0.15) is 0 Å². The van der Waals surface area contributed by atoms with Gasteiger partial charge in [-0.15, -0.1) is 0 Å². The average molecular weight is 259 g/mol. The molecule has 2 amide bonds. The molecule has 0 radical (unpaired) electrons. The minimum atomic E-state index is 0.0165. The fraction of sp³-hybridized carbons (Fsp3) is 0.533. The maximum absolute atomic E-state index is 12.1. The number of nitrogens with one attached hydrogen (secondary N) is 2. The summed E-state index contributed by atoms with van der Waals surface area (Å²) in [6, 6.07) is 8.32. The highest BCUT2D eigenvalue weighted by Gasteiger charge is 2.23. The second kappa shape index (κ2) is 5.61. The van der Waals surface area contributed by atoms with Crippen molar-refractivity contribution in [3.63, 3.8) is 0 Å². The van der Waals surface area contributed by atoms with Crippen LogP contribution in [0.2, 0.25) is 0 Å². The number of benzene rings is 1. The van der Waals surface area contributed by atoms with Crippen LogP contribution in [0.5, 0.6) is 0 Å². The third-order valence-corrected chi connectivity index (χ3v) is 3.84. The first kappa shape index (κ1) is 12.5. The Balaban J connectivity index is 1.58. The van der Waals surface area contributed by atoms with Crippen LogP contribution >= 0.6 is 0 Å². The van der Waals surface area contributed by atoms with E-state index in [1.807, 2.05) is 17.0 Å². The molecule has 1 saturated carbocycles. The molecule has 1 saturated heterocycles. The van der Waals surface area contributed by atoms with E-state index in [1.165, 1.54) is 18.4 Å². The Morgan fingerprint density at radius 2 is 1.95 bits per heavy atom. The first-order valence-corrected chi connectivity index (χ1v) is 7.19. The number of carbonyl (C=O) groups excluding carboxylic acids is 1. The Morgan fingerprint density at radius 1 is 1.16 bits per heavy atom. The molecule has 19 heavy (non-hydrogen) atoms. The summed E-state index contributed by atoms with van der Waals surface area (Å²) in [4.78, 5) is 14.0. The van der Waals surface area contributed by atoms with Gasteiger partial charge in [0.2, 0.25) is 0 Å². The van der Waals surface area contributed by atoms with Crippen molar-refractivity contribution >= 4 is 11.7 Å². The number of hydrogen-bond donors (Lipinski definition) is 2. The number of amides is 2. The van der Waals surface area contributed by atoms with Crippen LogP contribution in [-0.2, 0) is 0 Å². The van der Waals surface area contributed by atoms with Crippen molar-refractivity contribution in [1.82, 2.24) is 10.2 Å². The van der Waals surface area contributed by atoms with E-state index in [9.17, 15) is 4.79 Å². The lowest BCUT2D eigenvalue weighted by atomic mass is 10.1. The first-order valence-electron chi connectivity index (χ1n) is 7.19. The highest BCUT2D eigenvalue weighted by atomic mass is 16.2. The number of nitrogens with zero attached hydrogens (tertiary/aromatic N) is 1. The maximum atomic E-state index is 12.1. The summed E-state index contributed by atoms with van der Waals surface area (Å²) in [6.45, 7) is 3.50. The van der Waals surface area contributed by atoms with Crippen molar-refractivity contribution < 1.29 is 4.79 Å². The Kier molecular flexibility index (Phi) is 3.69. The second-order valence-electron chi connectivity index (χ2n) is 5.42.